The maximum absolute atomic E-state index is 12.6. The summed E-state index contributed by atoms with van der Waals surface area (Å²) in [5.74, 6) is 6.15. The fourth-order valence-corrected chi connectivity index (χ4v) is 5.10. The number of phosphoric acid groups is 1. The van der Waals surface area contributed by atoms with Crippen LogP contribution in [0.2, 0.25) is 0 Å². The van der Waals surface area contributed by atoms with E-state index >= 15 is 0 Å². The van der Waals surface area contributed by atoms with Gasteiger partial charge in [-0.3, -0.25) is 13.6 Å². The number of phosphoric ester groups is 1. The zero-order chi connectivity index (χ0) is 21.4. The van der Waals surface area contributed by atoms with Crippen molar-refractivity contribution in [3.8, 4) is 11.8 Å². The Bertz CT molecular complexity index is 627. The van der Waals surface area contributed by atoms with Gasteiger partial charge in [0.2, 0.25) is 0 Å². The van der Waals surface area contributed by atoms with Gasteiger partial charge in [-0.05, 0) is 52.9 Å². The maximum Gasteiger partial charge on any atom is 0.475 e. The van der Waals surface area contributed by atoms with Gasteiger partial charge in [0.05, 0.1) is 32.5 Å². The summed E-state index contributed by atoms with van der Waals surface area (Å²) in [5, 5.41) is 0. The molecule has 0 aromatic heterocycles. The molecule has 0 bridgehead atoms. The molecule has 0 aromatic rings. The van der Waals surface area contributed by atoms with E-state index in [1.807, 2.05) is 19.9 Å². The second-order valence-corrected chi connectivity index (χ2v) is 9.66. The minimum atomic E-state index is -3.52. The lowest BCUT2D eigenvalue weighted by Gasteiger charge is -2.48. The van der Waals surface area contributed by atoms with Crippen molar-refractivity contribution < 1.29 is 27.6 Å². The van der Waals surface area contributed by atoms with Crippen LogP contribution in [0.3, 0.4) is 0 Å². The topological polar surface area (TPSA) is 63.2 Å². The summed E-state index contributed by atoms with van der Waals surface area (Å²) >= 11 is 0. The average Bonchev–Trinajstić information content (AvgIpc) is 2.68. The lowest BCUT2D eigenvalue weighted by atomic mass is 9.69. The molecule has 0 radical (unpaired) electrons. The molecule has 29 heavy (non-hydrogen) atoms. The van der Waals surface area contributed by atoms with Crippen LogP contribution >= 0.6 is 7.82 Å². The van der Waals surface area contributed by atoms with Crippen LogP contribution in [0, 0.1) is 23.2 Å². The summed E-state index contributed by atoms with van der Waals surface area (Å²) in [6.07, 6.45) is 8.13. The zero-order valence-electron chi connectivity index (χ0n) is 18.6. The minimum absolute atomic E-state index is 0.108. The van der Waals surface area contributed by atoms with Gasteiger partial charge in [0, 0.05) is 18.3 Å². The first-order valence-corrected chi connectivity index (χ1v) is 12.2. The van der Waals surface area contributed by atoms with Crippen molar-refractivity contribution in [1.29, 1.82) is 0 Å². The first-order chi connectivity index (χ1) is 13.8. The van der Waals surface area contributed by atoms with E-state index in [4.69, 9.17) is 23.0 Å². The Kier molecular flexibility index (Phi) is 9.41. The van der Waals surface area contributed by atoms with E-state index in [0.29, 0.717) is 19.1 Å². The van der Waals surface area contributed by atoms with Gasteiger partial charge in [-0.15, -0.1) is 11.8 Å². The van der Waals surface area contributed by atoms with Crippen LogP contribution in [0.25, 0.3) is 0 Å². The Labute approximate surface area is 176 Å². The molecule has 166 valence electrons. The Hall–Kier alpha value is -0.670. The summed E-state index contributed by atoms with van der Waals surface area (Å²) in [6.45, 7) is 11.4. The summed E-state index contributed by atoms with van der Waals surface area (Å²) in [7, 11) is -3.52. The van der Waals surface area contributed by atoms with Gasteiger partial charge >= 0.3 is 7.82 Å². The van der Waals surface area contributed by atoms with E-state index in [-0.39, 0.29) is 24.7 Å². The van der Waals surface area contributed by atoms with E-state index < -0.39 is 13.6 Å². The van der Waals surface area contributed by atoms with Crippen LogP contribution in [0.15, 0.2) is 12.2 Å². The molecule has 1 fully saturated rings. The molecule has 6 nitrogen and oxygen atoms in total. The van der Waals surface area contributed by atoms with Crippen molar-refractivity contribution in [1.82, 2.24) is 0 Å². The third-order valence-electron chi connectivity index (χ3n) is 5.41. The molecule has 0 unspecified atom stereocenters. The van der Waals surface area contributed by atoms with Crippen LogP contribution < -0.4 is 0 Å². The molecule has 0 amide bonds. The van der Waals surface area contributed by atoms with Crippen molar-refractivity contribution >= 4 is 7.82 Å². The number of hydrogen-bond acceptors (Lipinski definition) is 6. The highest BCUT2D eigenvalue weighted by atomic mass is 31.2. The second kappa shape index (κ2) is 11.1. The summed E-state index contributed by atoms with van der Waals surface area (Å²) in [4.78, 5) is 0. The van der Waals surface area contributed by atoms with Gasteiger partial charge < -0.3 is 9.47 Å². The van der Waals surface area contributed by atoms with E-state index in [2.05, 4.69) is 24.8 Å². The van der Waals surface area contributed by atoms with E-state index in [9.17, 15) is 4.57 Å². The molecule has 1 aliphatic heterocycles. The summed E-state index contributed by atoms with van der Waals surface area (Å²) in [6, 6.07) is 0. The van der Waals surface area contributed by atoms with Crippen LogP contribution in [0.4, 0.5) is 0 Å². The Balaban J connectivity index is 2.07. The van der Waals surface area contributed by atoms with Crippen LogP contribution in [0.1, 0.15) is 66.7 Å². The molecule has 0 spiro atoms. The average molecular weight is 429 g/mol. The zero-order valence-corrected chi connectivity index (χ0v) is 19.5. The first kappa shape index (κ1) is 24.6. The van der Waals surface area contributed by atoms with Gasteiger partial charge in [-0.1, -0.05) is 19.1 Å². The van der Waals surface area contributed by atoms with Crippen LogP contribution in [0.5, 0.6) is 0 Å². The van der Waals surface area contributed by atoms with Crippen molar-refractivity contribution in [2.75, 3.05) is 26.4 Å². The SMILES string of the molecule is CCC#CCCC1([C@H]2C=C[C@@H](OP(=O)(OCC)OCC)CC2)COC(C)(C)OC1. The second-order valence-electron chi connectivity index (χ2n) is 8.04. The standard InChI is InChI=1S/C22H37O6P/c1-6-9-10-11-16-22(17-24-21(4,5)25-18-22)19-12-14-20(15-13-19)28-29(23,26-7-2)27-8-3/h12,14,19-20H,6-8,11,13,15-18H2,1-5H3/t19-,20+/m0/s1. The molecule has 1 heterocycles. The Morgan fingerprint density at radius 3 is 2.21 bits per heavy atom. The molecule has 0 aromatic carbocycles. The number of hydrogen-bond donors (Lipinski definition) is 0. The number of rotatable bonds is 9. The van der Waals surface area contributed by atoms with Gasteiger partial charge in [0.15, 0.2) is 5.79 Å². The van der Waals surface area contributed by atoms with Crippen molar-refractivity contribution in [2.24, 2.45) is 11.3 Å². The first-order valence-electron chi connectivity index (χ1n) is 10.8. The smallest absolute Gasteiger partial charge is 0.350 e. The Morgan fingerprint density at radius 2 is 1.69 bits per heavy atom. The highest BCUT2D eigenvalue weighted by Gasteiger charge is 2.45. The van der Waals surface area contributed by atoms with Crippen molar-refractivity contribution in [2.45, 2.75) is 78.6 Å². The molecule has 7 heteroatoms. The normalized spacial score (nSPS) is 26.0. The van der Waals surface area contributed by atoms with Gasteiger partial charge in [-0.25, -0.2) is 4.57 Å². The van der Waals surface area contributed by atoms with Crippen LogP contribution in [-0.4, -0.2) is 38.3 Å². The van der Waals surface area contributed by atoms with Gasteiger partial charge in [0.25, 0.3) is 0 Å². The molecular weight excluding hydrogens is 391 g/mol. The third-order valence-corrected chi connectivity index (χ3v) is 7.09. The molecule has 2 aliphatic rings. The summed E-state index contributed by atoms with van der Waals surface area (Å²) in [5.41, 5.74) is -0.108. The van der Waals surface area contributed by atoms with E-state index in [1.54, 1.807) is 13.8 Å². The van der Waals surface area contributed by atoms with Crippen LogP contribution in [-0.2, 0) is 27.6 Å². The number of ether oxygens (including phenoxy) is 2. The Morgan fingerprint density at radius 1 is 1.03 bits per heavy atom. The third kappa shape index (κ3) is 7.21. The molecular formula is C22H37O6P. The van der Waals surface area contributed by atoms with E-state index in [0.717, 1.165) is 32.1 Å². The fourth-order valence-electron chi connectivity index (χ4n) is 3.76. The van der Waals surface area contributed by atoms with Crippen molar-refractivity contribution in [3.63, 3.8) is 0 Å². The lowest BCUT2D eigenvalue weighted by Crippen LogP contribution is -2.50. The molecule has 0 saturated carbocycles. The molecule has 2 atom stereocenters. The number of allylic oxidation sites excluding steroid dienone is 1. The molecule has 1 aliphatic carbocycles. The highest BCUT2D eigenvalue weighted by molar-refractivity contribution is 7.48. The van der Waals surface area contributed by atoms with Gasteiger partial charge in [0.1, 0.15) is 0 Å². The molecule has 0 N–H and O–H groups in total. The lowest BCUT2D eigenvalue weighted by molar-refractivity contribution is -0.293. The fraction of sp³-hybridized carbons (Fsp3) is 0.818. The molecule has 2 rings (SSSR count). The largest absolute Gasteiger partial charge is 0.475 e. The predicted molar refractivity (Wildman–Crippen MR) is 113 cm³/mol. The predicted octanol–water partition coefficient (Wildman–Crippen LogP) is 5.48. The molecule has 1 saturated heterocycles. The highest BCUT2D eigenvalue weighted by Crippen LogP contribution is 2.52. The monoisotopic (exact) mass is 428 g/mol. The minimum Gasteiger partial charge on any atom is -0.350 e. The maximum atomic E-state index is 12.6. The van der Waals surface area contributed by atoms with E-state index in [1.165, 1.54) is 0 Å². The van der Waals surface area contributed by atoms with Gasteiger partial charge in [-0.2, -0.15) is 0 Å². The van der Waals surface area contributed by atoms with Crippen molar-refractivity contribution in [3.05, 3.63) is 12.2 Å². The quantitative estimate of drug-likeness (QED) is 0.275. The summed E-state index contributed by atoms with van der Waals surface area (Å²) < 4.78 is 41.0.